The van der Waals surface area contributed by atoms with Crippen molar-refractivity contribution in [2.75, 3.05) is 33.9 Å². The zero-order chi connectivity index (χ0) is 25.3. The van der Waals surface area contributed by atoms with E-state index in [1.807, 2.05) is 0 Å². The molecule has 2 amide bonds. The van der Waals surface area contributed by atoms with Crippen molar-refractivity contribution >= 4 is 17.6 Å². The first kappa shape index (κ1) is 24.5. The minimum atomic E-state index is -2.76. The van der Waals surface area contributed by atoms with Gasteiger partial charge in [-0.15, -0.1) is 0 Å². The molecular weight excluding hydrogens is 472 g/mol. The molecule has 1 fully saturated rings. The van der Waals surface area contributed by atoms with Crippen LogP contribution in [0, 0.1) is 11.6 Å². The van der Waals surface area contributed by atoms with E-state index >= 15 is 8.78 Å². The second-order valence-corrected chi connectivity index (χ2v) is 7.90. The predicted molar refractivity (Wildman–Crippen MR) is 116 cm³/mol. The minimum absolute atomic E-state index is 0.0580. The molecule has 1 aliphatic heterocycles. The molecule has 3 aromatic rings. The number of amides is 2. The molecule has 8 nitrogen and oxygen atoms in total. The van der Waals surface area contributed by atoms with Gasteiger partial charge in [-0.1, -0.05) is 0 Å². The Bertz CT molecular complexity index is 1260. The molecule has 1 N–H and O–H groups in total. The van der Waals surface area contributed by atoms with Crippen LogP contribution in [0.3, 0.4) is 0 Å². The number of nitrogens with zero attached hydrogens (tertiary/aromatic N) is 3. The number of morpholine rings is 1. The van der Waals surface area contributed by atoms with Crippen LogP contribution in [0.1, 0.15) is 28.0 Å². The molecule has 1 saturated heterocycles. The maximum Gasteiger partial charge on any atom is 0.409 e. The number of pyridine rings is 1. The van der Waals surface area contributed by atoms with Gasteiger partial charge in [-0.05, 0) is 24.3 Å². The van der Waals surface area contributed by atoms with Crippen LogP contribution in [0.5, 0.6) is 0 Å². The summed E-state index contributed by atoms with van der Waals surface area (Å²) in [6.45, 7) is 0.672. The van der Waals surface area contributed by atoms with Crippen LogP contribution >= 0.6 is 0 Å². The molecule has 0 saturated carbocycles. The number of benzene rings is 1. The molecular formula is C23H22F4N4O4. The Kier molecular flexibility index (Phi) is 6.92. The van der Waals surface area contributed by atoms with Crippen molar-refractivity contribution in [3.05, 3.63) is 58.9 Å². The molecule has 35 heavy (non-hydrogen) atoms. The summed E-state index contributed by atoms with van der Waals surface area (Å²) in [5.41, 5.74) is -0.793. The van der Waals surface area contributed by atoms with Crippen molar-refractivity contribution in [1.82, 2.24) is 19.6 Å². The Balaban J connectivity index is 1.82. The van der Waals surface area contributed by atoms with Crippen molar-refractivity contribution < 1.29 is 36.6 Å². The van der Waals surface area contributed by atoms with Crippen LogP contribution in [0.25, 0.3) is 16.9 Å². The highest BCUT2D eigenvalue weighted by Crippen LogP contribution is 2.33. The number of carbonyl (C=O) groups excluding carboxylic acids is 2. The molecule has 1 aromatic carbocycles. The van der Waals surface area contributed by atoms with E-state index in [0.29, 0.717) is 12.2 Å². The van der Waals surface area contributed by atoms with Crippen molar-refractivity contribution in [2.45, 2.75) is 19.0 Å². The number of carbonyl (C=O) groups is 2. The fraction of sp³-hybridized carbons (Fsp3) is 0.348. The van der Waals surface area contributed by atoms with E-state index in [0.717, 1.165) is 18.2 Å². The first-order valence-electron chi connectivity index (χ1n) is 10.7. The first-order chi connectivity index (χ1) is 16.7. The van der Waals surface area contributed by atoms with Gasteiger partial charge in [0.15, 0.2) is 0 Å². The zero-order valence-electron chi connectivity index (χ0n) is 18.9. The Morgan fingerprint density at radius 3 is 2.60 bits per heavy atom. The molecule has 1 atom stereocenters. The minimum Gasteiger partial charge on any atom is -0.453 e. The van der Waals surface area contributed by atoms with Crippen LogP contribution in [0.4, 0.5) is 22.4 Å². The molecule has 186 valence electrons. The summed E-state index contributed by atoms with van der Waals surface area (Å²) in [4.78, 5) is 29.5. The summed E-state index contributed by atoms with van der Waals surface area (Å²) in [5.74, 6) is -2.75. The number of aromatic nitrogens is 2. The Labute approximate surface area is 197 Å². The lowest BCUT2D eigenvalue weighted by molar-refractivity contribution is -0.0241. The second-order valence-electron chi connectivity index (χ2n) is 7.90. The van der Waals surface area contributed by atoms with Gasteiger partial charge in [0, 0.05) is 37.3 Å². The molecule has 0 radical (unpaired) electrons. The Morgan fingerprint density at radius 2 is 1.97 bits per heavy atom. The van der Waals surface area contributed by atoms with Crippen LogP contribution in [-0.4, -0.2) is 66.2 Å². The van der Waals surface area contributed by atoms with Crippen molar-refractivity contribution in [3.8, 4) is 11.3 Å². The number of nitrogens with one attached hydrogen (secondary N) is 1. The van der Waals surface area contributed by atoms with Gasteiger partial charge in [0.05, 0.1) is 43.3 Å². The predicted octanol–water partition coefficient (Wildman–Crippen LogP) is 3.59. The van der Waals surface area contributed by atoms with Crippen molar-refractivity contribution in [2.24, 2.45) is 0 Å². The molecule has 1 aliphatic rings. The zero-order valence-corrected chi connectivity index (χ0v) is 18.9. The van der Waals surface area contributed by atoms with Crippen LogP contribution in [0.2, 0.25) is 0 Å². The number of hydrogen-bond donors (Lipinski definition) is 1. The number of methoxy groups -OCH3 is 1. The number of ether oxygens (including phenoxy) is 2. The van der Waals surface area contributed by atoms with Gasteiger partial charge in [-0.3, -0.25) is 4.79 Å². The lowest BCUT2D eigenvalue weighted by Gasteiger charge is -2.32. The van der Waals surface area contributed by atoms with E-state index in [1.54, 1.807) is 0 Å². The standard InChI is InChI=1S/C23H22F4N4O4/c1-28-22(32)13-7-15(24)19(16(25)8-13)20-17(10-14-11-30(5-6-35-14)23(33)34-2)31-4-3-12(21(26)27)9-18(31)29-20/h3-4,7-9,14,21H,5-6,10-11H2,1-2H3,(H,28,32)/t14-/m0/s1. The fourth-order valence-electron chi connectivity index (χ4n) is 4.07. The van der Waals surface area contributed by atoms with E-state index in [4.69, 9.17) is 9.47 Å². The number of imidazole rings is 1. The average Bonchev–Trinajstić information content (AvgIpc) is 3.19. The molecule has 0 spiro atoms. The average molecular weight is 494 g/mol. The van der Waals surface area contributed by atoms with Gasteiger partial charge in [-0.25, -0.2) is 27.3 Å². The first-order valence-corrected chi connectivity index (χ1v) is 10.7. The van der Waals surface area contributed by atoms with E-state index in [9.17, 15) is 18.4 Å². The van der Waals surface area contributed by atoms with Gasteiger partial charge < -0.3 is 24.1 Å². The summed E-state index contributed by atoms with van der Waals surface area (Å²) >= 11 is 0. The van der Waals surface area contributed by atoms with Gasteiger partial charge in [0.1, 0.15) is 17.3 Å². The van der Waals surface area contributed by atoms with Gasteiger partial charge >= 0.3 is 6.09 Å². The second kappa shape index (κ2) is 9.90. The molecule has 2 aromatic heterocycles. The summed E-state index contributed by atoms with van der Waals surface area (Å²) in [6.07, 6.45) is -2.47. The molecule has 0 aliphatic carbocycles. The highest BCUT2D eigenvalue weighted by atomic mass is 19.3. The maximum atomic E-state index is 15.1. The fourth-order valence-corrected chi connectivity index (χ4v) is 4.07. The van der Waals surface area contributed by atoms with Gasteiger partial charge in [-0.2, -0.15) is 0 Å². The molecule has 12 heteroatoms. The maximum absolute atomic E-state index is 15.1. The topological polar surface area (TPSA) is 85.2 Å². The summed E-state index contributed by atoms with van der Waals surface area (Å²) in [5, 5.41) is 2.29. The number of hydrogen-bond acceptors (Lipinski definition) is 5. The van der Waals surface area contributed by atoms with E-state index in [2.05, 4.69) is 10.3 Å². The lowest BCUT2D eigenvalue weighted by Crippen LogP contribution is -2.46. The summed E-state index contributed by atoms with van der Waals surface area (Å²) in [6, 6.07) is 4.09. The van der Waals surface area contributed by atoms with Gasteiger partial charge in [0.25, 0.3) is 12.3 Å². The molecule has 0 bridgehead atoms. The van der Waals surface area contributed by atoms with E-state index in [1.165, 1.54) is 35.7 Å². The quantitative estimate of drug-likeness (QED) is 0.548. The van der Waals surface area contributed by atoms with Crippen molar-refractivity contribution in [3.63, 3.8) is 0 Å². The summed E-state index contributed by atoms with van der Waals surface area (Å²) in [7, 11) is 2.58. The normalized spacial score (nSPS) is 16.1. The number of fused-ring (bicyclic) bond motifs is 1. The third-order valence-electron chi connectivity index (χ3n) is 5.76. The smallest absolute Gasteiger partial charge is 0.409 e. The van der Waals surface area contributed by atoms with Crippen molar-refractivity contribution in [1.29, 1.82) is 0 Å². The molecule has 3 heterocycles. The summed E-state index contributed by atoms with van der Waals surface area (Å²) < 4.78 is 68.7. The number of rotatable bonds is 5. The largest absolute Gasteiger partial charge is 0.453 e. The Morgan fingerprint density at radius 1 is 1.26 bits per heavy atom. The van der Waals surface area contributed by atoms with Crippen LogP contribution < -0.4 is 5.32 Å². The Hall–Kier alpha value is -3.67. The number of alkyl halides is 2. The highest BCUT2D eigenvalue weighted by Gasteiger charge is 2.29. The molecule has 0 unspecified atom stereocenters. The van der Waals surface area contributed by atoms with Crippen LogP contribution in [-0.2, 0) is 15.9 Å². The highest BCUT2D eigenvalue weighted by molar-refractivity contribution is 5.94. The van der Waals surface area contributed by atoms with Gasteiger partial charge in [0.2, 0.25) is 0 Å². The third kappa shape index (κ3) is 4.78. The monoisotopic (exact) mass is 494 g/mol. The third-order valence-corrected chi connectivity index (χ3v) is 5.76. The molecule has 4 rings (SSSR count). The lowest BCUT2D eigenvalue weighted by atomic mass is 10.0. The SMILES string of the molecule is CNC(=O)c1cc(F)c(-c2nc3cc(C(F)F)ccn3c2C[C@H]2CN(C(=O)OC)CCO2)c(F)c1. The number of halogens is 4. The van der Waals surface area contributed by atoms with E-state index in [-0.39, 0.29) is 42.0 Å². The van der Waals surface area contributed by atoms with E-state index < -0.39 is 41.7 Å². The van der Waals surface area contributed by atoms with Crippen LogP contribution in [0.15, 0.2) is 30.5 Å².